The van der Waals surface area contributed by atoms with Gasteiger partial charge in [0.2, 0.25) is 5.91 Å². The third-order valence-corrected chi connectivity index (χ3v) is 6.86. The Balaban J connectivity index is 0.00000210. The number of nitrogens with zero attached hydrogens (tertiary/aromatic N) is 1. The van der Waals surface area contributed by atoms with Crippen LogP contribution in [0.5, 0.6) is 0 Å². The van der Waals surface area contributed by atoms with Gasteiger partial charge in [0.25, 0.3) is 0 Å². The highest BCUT2D eigenvalue weighted by molar-refractivity contribution is 5.88. The largest absolute Gasteiger partial charge is 0.342 e. The molecule has 150 valence electrons. The van der Waals surface area contributed by atoms with Crippen molar-refractivity contribution in [2.24, 2.45) is 5.92 Å². The molecule has 0 unspecified atom stereocenters. The Bertz CT molecular complexity index is 629. The molecule has 4 rings (SSSR count). The molecular weight excluding hydrogens is 356 g/mol. The van der Waals surface area contributed by atoms with Crippen molar-refractivity contribution in [3.63, 3.8) is 0 Å². The standard InChI is InChI=1S/C23H34N2O.ClH/c1-18-6-5-7-20(16-18)23(12-3-2-4-13-23)22(26)25-14-10-21(11-15-25)24-17-19-8-9-19;/h5-7,16,19,21,24H,2-4,8-15,17H2,1H3;1H. The molecule has 0 bridgehead atoms. The smallest absolute Gasteiger partial charge is 0.233 e. The van der Waals surface area contributed by atoms with Gasteiger partial charge in [0.15, 0.2) is 0 Å². The lowest BCUT2D eigenvalue weighted by atomic mass is 9.68. The van der Waals surface area contributed by atoms with Crippen molar-refractivity contribution < 1.29 is 4.79 Å². The molecule has 1 amide bonds. The van der Waals surface area contributed by atoms with Crippen LogP contribution < -0.4 is 5.32 Å². The number of nitrogens with one attached hydrogen (secondary N) is 1. The summed E-state index contributed by atoms with van der Waals surface area (Å²) in [4.78, 5) is 15.9. The van der Waals surface area contributed by atoms with E-state index in [2.05, 4.69) is 41.4 Å². The van der Waals surface area contributed by atoms with E-state index in [-0.39, 0.29) is 17.8 Å². The number of rotatable bonds is 5. The highest BCUT2D eigenvalue weighted by atomic mass is 35.5. The molecule has 1 N–H and O–H groups in total. The fraction of sp³-hybridized carbons (Fsp3) is 0.696. The predicted molar refractivity (Wildman–Crippen MR) is 114 cm³/mol. The molecule has 0 atom stereocenters. The number of carbonyl (C=O) groups excluding carboxylic acids is 1. The second-order valence-electron chi connectivity index (χ2n) is 8.93. The lowest BCUT2D eigenvalue weighted by Gasteiger charge is -2.42. The van der Waals surface area contributed by atoms with Gasteiger partial charge in [0.05, 0.1) is 5.41 Å². The average Bonchev–Trinajstić information content (AvgIpc) is 3.51. The molecule has 3 nitrogen and oxygen atoms in total. The van der Waals surface area contributed by atoms with E-state index in [1.165, 1.54) is 49.8 Å². The van der Waals surface area contributed by atoms with Gasteiger partial charge in [0.1, 0.15) is 0 Å². The molecule has 1 aromatic rings. The van der Waals surface area contributed by atoms with Crippen molar-refractivity contribution in [2.75, 3.05) is 19.6 Å². The van der Waals surface area contributed by atoms with Crippen LogP contribution in [0.4, 0.5) is 0 Å². The molecule has 3 fully saturated rings. The summed E-state index contributed by atoms with van der Waals surface area (Å²) in [5.74, 6) is 1.34. The zero-order valence-electron chi connectivity index (χ0n) is 16.7. The molecule has 0 radical (unpaired) electrons. The zero-order chi connectivity index (χ0) is 18.0. The van der Waals surface area contributed by atoms with Crippen LogP contribution in [0.3, 0.4) is 0 Å². The molecule has 2 aliphatic carbocycles. The number of amides is 1. The van der Waals surface area contributed by atoms with E-state index in [0.29, 0.717) is 11.9 Å². The summed E-state index contributed by atoms with van der Waals surface area (Å²) in [7, 11) is 0. The fourth-order valence-corrected chi connectivity index (χ4v) is 4.97. The van der Waals surface area contributed by atoms with Gasteiger partial charge in [-0.2, -0.15) is 0 Å². The summed E-state index contributed by atoms with van der Waals surface area (Å²) in [6.45, 7) is 5.18. The van der Waals surface area contributed by atoms with Crippen molar-refractivity contribution in [1.82, 2.24) is 10.2 Å². The minimum atomic E-state index is -0.265. The Hall–Kier alpha value is -1.06. The maximum atomic E-state index is 13.7. The Morgan fingerprint density at radius 2 is 1.81 bits per heavy atom. The van der Waals surface area contributed by atoms with E-state index in [0.717, 1.165) is 44.7 Å². The van der Waals surface area contributed by atoms with Crippen LogP contribution in [0.25, 0.3) is 0 Å². The van der Waals surface area contributed by atoms with Crippen molar-refractivity contribution in [1.29, 1.82) is 0 Å². The van der Waals surface area contributed by atoms with E-state index in [4.69, 9.17) is 0 Å². The molecule has 3 aliphatic rings. The summed E-state index contributed by atoms with van der Waals surface area (Å²) in [5, 5.41) is 3.73. The minimum Gasteiger partial charge on any atom is -0.342 e. The van der Waals surface area contributed by atoms with Crippen molar-refractivity contribution in [3.05, 3.63) is 35.4 Å². The highest BCUT2D eigenvalue weighted by Gasteiger charge is 2.44. The predicted octanol–water partition coefficient (Wildman–Crippen LogP) is 4.61. The first-order valence-corrected chi connectivity index (χ1v) is 10.8. The third-order valence-electron chi connectivity index (χ3n) is 6.86. The molecule has 0 aromatic heterocycles. The fourth-order valence-electron chi connectivity index (χ4n) is 4.97. The number of hydrogen-bond donors (Lipinski definition) is 1. The lowest BCUT2D eigenvalue weighted by Crippen LogP contribution is -2.52. The van der Waals surface area contributed by atoms with Crippen molar-refractivity contribution in [2.45, 2.75) is 76.2 Å². The van der Waals surface area contributed by atoms with Gasteiger partial charge in [-0.3, -0.25) is 4.79 Å². The molecule has 1 heterocycles. The van der Waals surface area contributed by atoms with Crippen LogP contribution in [-0.2, 0) is 10.2 Å². The topological polar surface area (TPSA) is 32.3 Å². The van der Waals surface area contributed by atoms with Gasteiger partial charge < -0.3 is 10.2 Å². The van der Waals surface area contributed by atoms with Crippen molar-refractivity contribution >= 4 is 18.3 Å². The van der Waals surface area contributed by atoms with Gasteiger partial charge in [-0.05, 0) is 63.5 Å². The first-order valence-electron chi connectivity index (χ1n) is 10.8. The number of halogens is 1. The third kappa shape index (κ3) is 4.68. The van der Waals surface area contributed by atoms with Crippen LogP contribution in [0.15, 0.2) is 24.3 Å². The summed E-state index contributed by atoms with van der Waals surface area (Å²) >= 11 is 0. The van der Waals surface area contributed by atoms with Gasteiger partial charge in [0, 0.05) is 19.1 Å². The van der Waals surface area contributed by atoms with E-state index in [9.17, 15) is 4.79 Å². The Labute approximate surface area is 170 Å². The minimum absolute atomic E-state index is 0. The second kappa shape index (κ2) is 8.96. The van der Waals surface area contributed by atoms with Crippen LogP contribution in [-0.4, -0.2) is 36.5 Å². The average molecular weight is 391 g/mol. The van der Waals surface area contributed by atoms with Gasteiger partial charge in [-0.15, -0.1) is 12.4 Å². The molecule has 2 saturated carbocycles. The Morgan fingerprint density at radius 3 is 2.44 bits per heavy atom. The number of benzene rings is 1. The maximum Gasteiger partial charge on any atom is 0.233 e. The molecule has 1 aromatic carbocycles. The SMILES string of the molecule is Cc1cccc(C2(C(=O)N3CCC(NCC4CC4)CC3)CCCCC2)c1.Cl. The van der Waals surface area contributed by atoms with E-state index in [1.807, 2.05) is 0 Å². The molecule has 1 saturated heterocycles. The molecular formula is C23H35ClN2O. The summed E-state index contributed by atoms with van der Waals surface area (Å²) in [6, 6.07) is 9.33. The molecule has 27 heavy (non-hydrogen) atoms. The molecule has 0 spiro atoms. The first kappa shape index (κ1) is 20.7. The number of piperidine rings is 1. The van der Waals surface area contributed by atoms with Crippen LogP contribution in [0.2, 0.25) is 0 Å². The normalized spacial score (nSPS) is 22.9. The summed E-state index contributed by atoms with van der Waals surface area (Å²) in [6.07, 6.45) is 10.7. The Morgan fingerprint density at radius 1 is 1.11 bits per heavy atom. The second-order valence-corrected chi connectivity index (χ2v) is 8.93. The maximum absolute atomic E-state index is 13.7. The first-order chi connectivity index (χ1) is 12.7. The molecule has 4 heteroatoms. The van der Waals surface area contributed by atoms with Crippen LogP contribution >= 0.6 is 12.4 Å². The lowest BCUT2D eigenvalue weighted by molar-refractivity contribution is -0.140. The summed E-state index contributed by atoms with van der Waals surface area (Å²) in [5.41, 5.74) is 2.26. The van der Waals surface area contributed by atoms with E-state index >= 15 is 0 Å². The summed E-state index contributed by atoms with van der Waals surface area (Å²) < 4.78 is 0. The van der Waals surface area contributed by atoms with Gasteiger partial charge in [-0.25, -0.2) is 0 Å². The Kier molecular flexibility index (Phi) is 6.86. The van der Waals surface area contributed by atoms with Crippen molar-refractivity contribution in [3.8, 4) is 0 Å². The molecule has 1 aliphatic heterocycles. The van der Waals surface area contributed by atoms with Crippen LogP contribution in [0.1, 0.15) is 68.9 Å². The number of hydrogen-bond acceptors (Lipinski definition) is 2. The van der Waals surface area contributed by atoms with Crippen LogP contribution in [0, 0.1) is 12.8 Å². The van der Waals surface area contributed by atoms with E-state index < -0.39 is 0 Å². The number of likely N-dealkylation sites (tertiary alicyclic amines) is 1. The number of carbonyl (C=O) groups is 1. The quantitative estimate of drug-likeness (QED) is 0.796. The monoisotopic (exact) mass is 390 g/mol. The highest BCUT2D eigenvalue weighted by Crippen LogP contribution is 2.41. The van der Waals surface area contributed by atoms with Gasteiger partial charge >= 0.3 is 0 Å². The number of aryl methyl sites for hydroxylation is 1. The van der Waals surface area contributed by atoms with E-state index in [1.54, 1.807) is 0 Å². The van der Waals surface area contributed by atoms with Gasteiger partial charge in [-0.1, -0.05) is 49.1 Å². The zero-order valence-corrected chi connectivity index (χ0v) is 17.5.